The highest BCUT2D eigenvalue weighted by atomic mass is 32.2. The number of aryl methyl sites for hydroxylation is 1. The molecule has 0 saturated heterocycles. The fourth-order valence-electron chi connectivity index (χ4n) is 2.76. The van der Waals surface area contributed by atoms with Gasteiger partial charge in [0.1, 0.15) is 0 Å². The van der Waals surface area contributed by atoms with Crippen molar-refractivity contribution in [3.05, 3.63) is 53.6 Å². The number of carbonyl (C=O) groups is 1. The molecule has 0 aliphatic carbocycles. The third-order valence-electron chi connectivity index (χ3n) is 4.31. The molecule has 1 aromatic heterocycles. The van der Waals surface area contributed by atoms with Crippen molar-refractivity contribution in [2.45, 2.75) is 25.1 Å². The molecule has 3 aromatic rings. The largest absolute Gasteiger partial charge is 0.454 e. The molecular weight excluding hydrogens is 378 g/mol. The van der Waals surface area contributed by atoms with Crippen LogP contribution in [0, 0.1) is 6.92 Å². The molecule has 1 atom stereocenters. The van der Waals surface area contributed by atoms with E-state index in [4.69, 9.17) is 13.9 Å². The minimum absolute atomic E-state index is 0.120. The molecule has 2 heterocycles. The summed E-state index contributed by atoms with van der Waals surface area (Å²) in [5.41, 5.74) is 2.96. The van der Waals surface area contributed by atoms with Gasteiger partial charge in [0.15, 0.2) is 11.5 Å². The standard InChI is InChI=1S/C20H19N3O4S/c1-12-3-5-14(6-4-12)19-22-23-20(27-19)28-10-18(24)21-13(2)15-7-8-16-17(9-15)26-11-25-16/h3-9,13H,10-11H2,1-2H3,(H,21,24). The molecule has 1 aliphatic heterocycles. The number of benzene rings is 2. The summed E-state index contributed by atoms with van der Waals surface area (Å²) in [4.78, 5) is 12.3. The van der Waals surface area contributed by atoms with Crippen molar-refractivity contribution in [2.24, 2.45) is 0 Å². The van der Waals surface area contributed by atoms with E-state index in [0.29, 0.717) is 16.9 Å². The number of carbonyl (C=O) groups excluding carboxylic acids is 1. The maximum absolute atomic E-state index is 12.3. The second kappa shape index (κ2) is 7.93. The first kappa shape index (κ1) is 18.4. The number of nitrogens with one attached hydrogen (secondary N) is 1. The van der Waals surface area contributed by atoms with E-state index >= 15 is 0 Å². The number of nitrogens with zero attached hydrogens (tertiary/aromatic N) is 2. The van der Waals surface area contributed by atoms with Crippen LogP contribution in [0.4, 0.5) is 0 Å². The molecule has 28 heavy (non-hydrogen) atoms. The number of rotatable bonds is 6. The quantitative estimate of drug-likeness (QED) is 0.634. The third kappa shape index (κ3) is 4.12. The van der Waals surface area contributed by atoms with Crippen LogP contribution < -0.4 is 14.8 Å². The topological polar surface area (TPSA) is 86.5 Å². The molecule has 0 saturated carbocycles. The van der Waals surface area contributed by atoms with E-state index < -0.39 is 0 Å². The molecule has 7 nitrogen and oxygen atoms in total. The van der Waals surface area contributed by atoms with Gasteiger partial charge in [0, 0.05) is 5.56 Å². The predicted molar refractivity (Wildman–Crippen MR) is 104 cm³/mol. The Bertz CT molecular complexity index is 987. The van der Waals surface area contributed by atoms with E-state index in [-0.39, 0.29) is 24.5 Å². The highest BCUT2D eigenvalue weighted by molar-refractivity contribution is 7.99. The van der Waals surface area contributed by atoms with Crippen LogP contribution in [0.3, 0.4) is 0 Å². The molecule has 0 bridgehead atoms. The number of hydrogen-bond donors (Lipinski definition) is 1. The molecule has 2 aromatic carbocycles. The molecule has 4 rings (SSSR count). The van der Waals surface area contributed by atoms with Crippen molar-refractivity contribution in [3.63, 3.8) is 0 Å². The Hall–Kier alpha value is -3.00. The van der Waals surface area contributed by atoms with E-state index in [0.717, 1.165) is 22.4 Å². The van der Waals surface area contributed by atoms with Gasteiger partial charge in [-0.2, -0.15) is 0 Å². The first-order valence-corrected chi connectivity index (χ1v) is 9.79. The van der Waals surface area contributed by atoms with Crippen molar-refractivity contribution in [1.82, 2.24) is 15.5 Å². The first-order chi connectivity index (χ1) is 13.6. The van der Waals surface area contributed by atoms with Gasteiger partial charge in [0.25, 0.3) is 5.22 Å². The van der Waals surface area contributed by atoms with Crippen LogP contribution in [0.25, 0.3) is 11.5 Å². The van der Waals surface area contributed by atoms with E-state index in [2.05, 4.69) is 15.5 Å². The molecule has 0 spiro atoms. The Kier molecular flexibility index (Phi) is 5.21. The molecule has 8 heteroatoms. The highest BCUT2D eigenvalue weighted by Gasteiger charge is 2.17. The third-order valence-corrected chi connectivity index (χ3v) is 5.12. The molecule has 1 unspecified atom stereocenters. The fraction of sp³-hybridized carbons (Fsp3) is 0.250. The number of amides is 1. The molecule has 144 valence electrons. The van der Waals surface area contributed by atoms with Gasteiger partial charge in [0.2, 0.25) is 18.6 Å². The lowest BCUT2D eigenvalue weighted by Gasteiger charge is -2.14. The van der Waals surface area contributed by atoms with Crippen LogP contribution in [0.15, 0.2) is 52.1 Å². The van der Waals surface area contributed by atoms with Gasteiger partial charge in [-0.1, -0.05) is 35.5 Å². The van der Waals surface area contributed by atoms with Crippen molar-refractivity contribution in [3.8, 4) is 23.0 Å². The van der Waals surface area contributed by atoms with Crippen LogP contribution in [0.1, 0.15) is 24.1 Å². The van der Waals surface area contributed by atoms with Gasteiger partial charge in [-0.25, -0.2) is 0 Å². The van der Waals surface area contributed by atoms with Crippen molar-refractivity contribution in [2.75, 3.05) is 12.5 Å². The summed E-state index contributed by atoms with van der Waals surface area (Å²) in [5, 5.41) is 11.4. The monoisotopic (exact) mass is 397 g/mol. The lowest BCUT2D eigenvalue weighted by molar-refractivity contribution is -0.119. The van der Waals surface area contributed by atoms with Gasteiger partial charge in [-0.3, -0.25) is 4.79 Å². The number of ether oxygens (including phenoxy) is 2. The lowest BCUT2D eigenvalue weighted by Crippen LogP contribution is -2.28. The number of hydrogen-bond acceptors (Lipinski definition) is 7. The summed E-state index contributed by atoms with van der Waals surface area (Å²) in [6, 6.07) is 13.3. The van der Waals surface area contributed by atoms with Crippen molar-refractivity contribution in [1.29, 1.82) is 0 Å². The first-order valence-electron chi connectivity index (χ1n) is 8.81. The summed E-state index contributed by atoms with van der Waals surface area (Å²) < 4.78 is 16.3. The minimum Gasteiger partial charge on any atom is -0.454 e. The Morgan fingerprint density at radius 1 is 1.14 bits per heavy atom. The normalized spacial score (nSPS) is 13.4. The Labute approximate surface area is 166 Å². The summed E-state index contributed by atoms with van der Waals surface area (Å²) in [6.45, 7) is 4.16. The second-order valence-corrected chi connectivity index (χ2v) is 7.36. The average molecular weight is 397 g/mol. The van der Waals surface area contributed by atoms with Gasteiger partial charge in [-0.15, -0.1) is 10.2 Å². The van der Waals surface area contributed by atoms with Gasteiger partial charge >= 0.3 is 0 Å². The second-order valence-electron chi connectivity index (χ2n) is 6.43. The lowest BCUT2D eigenvalue weighted by atomic mass is 10.1. The van der Waals surface area contributed by atoms with Crippen LogP contribution in [-0.2, 0) is 4.79 Å². The van der Waals surface area contributed by atoms with Crippen LogP contribution in [-0.4, -0.2) is 28.7 Å². The van der Waals surface area contributed by atoms with Crippen molar-refractivity contribution < 1.29 is 18.7 Å². The van der Waals surface area contributed by atoms with E-state index in [1.807, 2.05) is 56.3 Å². The highest BCUT2D eigenvalue weighted by Crippen LogP contribution is 2.34. The maximum Gasteiger partial charge on any atom is 0.277 e. The Morgan fingerprint density at radius 2 is 1.93 bits per heavy atom. The fourth-order valence-corrected chi connectivity index (χ4v) is 3.33. The molecule has 0 radical (unpaired) electrons. The van der Waals surface area contributed by atoms with Crippen LogP contribution in [0.2, 0.25) is 0 Å². The molecule has 0 fully saturated rings. The molecule has 1 N–H and O–H groups in total. The number of aromatic nitrogens is 2. The van der Waals surface area contributed by atoms with E-state index in [9.17, 15) is 4.79 Å². The zero-order valence-electron chi connectivity index (χ0n) is 15.5. The summed E-state index contributed by atoms with van der Waals surface area (Å²) in [6.07, 6.45) is 0. The van der Waals surface area contributed by atoms with Crippen LogP contribution in [0.5, 0.6) is 11.5 Å². The van der Waals surface area contributed by atoms with Gasteiger partial charge < -0.3 is 19.2 Å². The smallest absolute Gasteiger partial charge is 0.277 e. The molecule has 1 aliphatic rings. The summed E-state index contributed by atoms with van der Waals surface area (Å²) in [5.74, 6) is 1.92. The number of fused-ring (bicyclic) bond motifs is 1. The summed E-state index contributed by atoms with van der Waals surface area (Å²) in [7, 11) is 0. The summed E-state index contributed by atoms with van der Waals surface area (Å²) >= 11 is 1.21. The average Bonchev–Trinajstić information content (AvgIpc) is 3.35. The Morgan fingerprint density at radius 3 is 2.75 bits per heavy atom. The Balaban J connectivity index is 1.31. The van der Waals surface area contributed by atoms with Crippen molar-refractivity contribution >= 4 is 17.7 Å². The zero-order valence-corrected chi connectivity index (χ0v) is 16.3. The van der Waals surface area contributed by atoms with Gasteiger partial charge in [0.05, 0.1) is 11.8 Å². The maximum atomic E-state index is 12.3. The SMILES string of the molecule is Cc1ccc(-c2nnc(SCC(=O)NC(C)c3ccc4c(c3)OCO4)o2)cc1. The molecular formula is C20H19N3O4S. The predicted octanol–water partition coefficient (Wildman–Crippen LogP) is 3.74. The van der Waals surface area contributed by atoms with Crippen LogP contribution >= 0.6 is 11.8 Å². The number of thioether (sulfide) groups is 1. The van der Waals surface area contributed by atoms with E-state index in [1.165, 1.54) is 11.8 Å². The van der Waals surface area contributed by atoms with Gasteiger partial charge in [-0.05, 0) is 43.7 Å². The zero-order chi connectivity index (χ0) is 19.5. The molecule has 1 amide bonds. The minimum atomic E-state index is -0.159. The van der Waals surface area contributed by atoms with E-state index in [1.54, 1.807) is 0 Å².